The average Bonchev–Trinajstić information content (AvgIpc) is 2.43. The molecule has 0 bridgehead atoms. The Morgan fingerprint density at radius 2 is 1.84 bits per heavy atom. The van der Waals surface area contributed by atoms with Crippen LogP contribution in [0.25, 0.3) is 0 Å². The highest BCUT2D eigenvalue weighted by Crippen LogP contribution is 2.20. The van der Waals surface area contributed by atoms with Gasteiger partial charge in [-0.3, -0.25) is 4.79 Å². The zero-order chi connectivity index (χ0) is 14.1. The van der Waals surface area contributed by atoms with Gasteiger partial charge in [0.1, 0.15) is 0 Å². The van der Waals surface area contributed by atoms with E-state index in [0.717, 1.165) is 12.8 Å². The van der Waals surface area contributed by atoms with Gasteiger partial charge in [0.25, 0.3) is 0 Å². The molecule has 0 spiro atoms. The lowest BCUT2D eigenvalue weighted by Crippen LogP contribution is -2.22. The smallest absolute Gasteiger partial charge is 0.352 e. The van der Waals surface area contributed by atoms with Crippen molar-refractivity contribution >= 4 is 11.9 Å². The first-order valence-electron chi connectivity index (χ1n) is 6.60. The number of esters is 2. The molecule has 104 valence electrons. The molecule has 0 saturated carbocycles. The number of ether oxygens (including phenoxy) is 2. The van der Waals surface area contributed by atoms with E-state index in [1.165, 1.54) is 0 Å². The number of unbranched alkanes of at least 4 members (excludes halogenated alkanes) is 1. The van der Waals surface area contributed by atoms with E-state index in [0.29, 0.717) is 12.0 Å². The van der Waals surface area contributed by atoms with Gasteiger partial charge < -0.3 is 9.47 Å². The molecule has 4 nitrogen and oxygen atoms in total. The maximum absolute atomic E-state index is 11.9. The fourth-order valence-electron chi connectivity index (χ4n) is 1.61. The van der Waals surface area contributed by atoms with E-state index in [2.05, 4.69) is 0 Å². The van der Waals surface area contributed by atoms with E-state index in [9.17, 15) is 9.59 Å². The van der Waals surface area contributed by atoms with Crippen LogP contribution in [-0.2, 0) is 19.1 Å². The fraction of sp³-hybridized carbons (Fsp3) is 0.467. The van der Waals surface area contributed by atoms with E-state index in [1.54, 1.807) is 31.2 Å². The third-order valence-corrected chi connectivity index (χ3v) is 2.59. The van der Waals surface area contributed by atoms with Gasteiger partial charge in [-0.25, -0.2) is 4.79 Å². The Hall–Kier alpha value is -1.84. The predicted octanol–water partition coefficient (Wildman–Crippen LogP) is 3.02. The summed E-state index contributed by atoms with van der Waals surface area (Å²) >= 11 is 0. The first kappa shape index (κ1) is 15.2. The van der Waals surface area contributed by atoms with Gasteiger partial charge in [0, 0.05) is 12.0 Å². The fourth-order valence-corrected chi connectivity index (χ4v) is 1.61. The lowest BCUT2D eigenvalue weighted by atomic mass is 10.1. The Morgan fingerprint density at radius 1 is 1.16 bits per heavy atom. The van der Waals surface area contributed by atoms with Gasteiger partial charge in [-0.2, -0.15) is 0 Å². The van der Waals surface area contributed by atoms with Crippen LogP contribution in [0.2, 0.25) is 0 Å². The van der Waals surface area contributed by atoms with Gasteiger partial charge in [-0.15, -0.1) is 0 Å². The molecule has 0 aromatic heterocycles. The second-order valence-corrected chi connectivity index (χ2v) is 4.14. The molecule has 0 heterocycles. The zero-order valence-corrected chi connectivity index (χ0v) is 11.4. The minimum absolute atomic E-state index is 0.259. The molecule has 1 aromatic carbocycles. The maximum atomic E-state index is 11.9. The van der Waals surface area contributed by atoms with Crippen molar-refractivity contribution in [1.29, 1.82) is 0 Å². The molecule has 0 aliphatic carbocycles. The number of rotatable bonds is 7. The Bertz CT molecular complexity index is 400. The van der Waals surface area contributed by atoms with Crippen LogP contribution in [0.4, 0.5) is 0 Å². The molecular weight excluding hydrogens is 244 g/mol. The van der Waals surface area contributed by atoms with Gasteiger partial charge in [0.05, 0.1) is 6.61 Å². The summed E-state index contributed by atoms with van der Waals surface area (Å²) in [5, 5.41) is 0. The number of carbonyl (C=O) groups is 2. The summed E-state index contributed by atoms with van der Waals surface area (Å²) in [4.78, 5) is 23.5. The van der Waals surface area contributed by atoms with Crippen LogP contribution in [-0.4, -0.2) is 18.5 Å². The largest absolute Gasteiger partial charge is 0.463 e. The summed E-state index contributed by atoms with van der Waals surface area (Å²) in [6.45, 7) is 3.97. The minimum Gasteiger partial charge on any atom is -0.463 e. The number of carbonyl (C=O) groups excluding carboxylic acids is 2. The SMILES string of the molecule is CCCCC(=O)OC(C(=O)OCC)c1ccccc1. The van der Waals surface area contributed by atoms with Crippen molar-refractivity contribution in [3.8, 4) is 0 Å². The lowest BCUT2D eigenvalue weighted by molar-refractivity contribution is -0.168. The third-order valence-electron chi connectivity index (χ3n) is 2.59. The molecule has 0 fully saturated rings. The molecule has 1 rings (SSSR count). The van der Waals surface area contributed by atoms with Crippen molar-refractivity contribution in [3.63, 3.8) is 0 Å². The van der Waals surface area contributed by atoms with E-state index < -0.39 is 12.1 Å². The number of hydrogen-bond acceptors (Lipinski definition) is 4. The Kier molecular flexibility index (Phi) is 6.64. The maximum Gasteiger partial charge on any atom is 0.352 e. The molecule has 1 atom stereocenters. The van der Waals surface area contributed by atoms with E-state index >= 15 is 0 Å². The number of benzene rings is 1. The Balaban J connectivity index is 2.76. The monoisotopic (exact) mass is 264 g/mol. The van der Waals surface area contributed by atoms with Crippen LogP contribution in [0.5, 0.6) is 0 Å². The summed E-state index contributed by atoms with van der Waals surface area (Å²) in [6, 6.07) is 8.91. The minimum atomic E-state index is -0.967. The van der Waals surface area contributed by atoms with E-state index in [1.807, 2.05) is 13.0 Å². The first-order chi connectivity index (χ1) is 9.19. The second kappa shape index (κ2) is 8.29. The van der Waals surface area contributed by atoms with Crippen LogP contribution in [0.3, 0.4) is 0 Å². The molecular formula is C15H20O4. The second-order valence-electron chi connectivity index (χ2n) is 4.14. The summed E-state index contributed by atoms with van der Waals surface area (Å²) in [6.07, 6.45) is 1.01. The summed E-state index contributed by atoms with van der Waals surface area (Å²) in [5.41, 5.74) is 0.630. The first-order valence-corrected chi connectivity index (χ1v) is 6.60. The zero-order valence-electron chi connectivity index (χ0n) is 11.4. The predicted molar refractivity (Wildman–Crippen MR) is 71.4 cm³/mol. The molecule has 4 heteroatoms. The molecule has 0 N–H and O–H groups in total. The van der Waals surface area contributed by atoms with Crippen LogP contribution < -0.4 is 0 Å². The van der Waals surface area contributed by atoms with Crippen LogP contribution in [0.1, 0.15) is 44.8 Å². The molecule has 1 aromatic rings. The highest BCUT2D eigenvalue weighted by Gasteiger charge is 2.25. The topological polar surface area (TPSA) is 52.6 Å². The normalized spacial score (nSPS) is 11.7. The summed E-state index contributed by atoms with van der Waals surface area (Å²) in [7, 11) is 0. The van der Waals surface area contributed by atoms with Crippen LogP contribution >= 0.6 is 0 Å². The highest BCUT2D eigenvalue weighted by molar-refractivity contribution is 5.80. The van der Waals surface area contributed by atoms with Crippen molar-refractivity contribution in [2.45, 2.75) is 39.2 Å². The quantitative estimate of drug-likeness (QED) is 0.710. The highest BCUT2D eigenvalue weighted by atomic mass is 16.6. The lowest BCUT2D eigenvalue weighted by Gasteiger charge is -2.16. The Labute approximate surface area is 113 Å². The van der Waals surface area contributed by atoms with Crippen LogP contribution in [0, 0.1) is 0 Å². The van der Waals surface area contributed by atoms with Crippen molar-refractivity contribution < 1.29 is 19.1 Å². The standard InChI is InChI=1S/C15H20O4/c1-3-5-11-13(16)19-14(15(17)18-4-2)12-9-7-6-8-10-12/h6-10,14H,3-5,11H2,1-2H3. The average molecular weight is 264 g/mol. The Morgan fingerprint density at radius 3 is 2.42 bits per heavy atom. The van der Waals surface area contributed by atoms with E-state index in [-0.39, 0.29) is 12.6 Å². The molecule has 0 amide bonds. The van der Waals surface area contributed by atoms with Crippen molar-refractivity contribution in [2.24, 2.45) is 0 Å². The third kappa shape index (κ3) is 5.12. The van der Waals surface area contributed by atoms with Crippen molar-refractivity contribution in [2.75, 3.05) is 6.61 Å². The van der Waals surface area contributed by atoms with Crippen molar-refractivity contribution in [3.05, 3.63) is 35.9 Å². The molecule has 1 unspecified atom stereocenters. The van der Waals surface area contributed by atoms with Crippen molar-refractivity contribution in [1.82, 2.24) is 0 Å². The molecule has 0 radical (unpaired) electrons. The summed E-state index contributed by atoms with van der Waals surface area (Å²) in [5.74, 6) is -0.901. The van der Waals surface area contributed by atoms with E-state index in [4.69, 9.17) is 9.47 Å². The molecule has 0 aliphatic heterocycles. The van der Waals surface area contributed by atoms with Gasteiger partial charge >= 0.3 is 11.9 Å². The molecule has 19 heavy (non-hydrogen) atoms. The van der Waals surface area contributed by atoms with Gasteiger partial charge in [-0.1, -0.05) is 43.7 Å². The van der Waals surface area contributed by atoms with Gasteiger partial charge in [0.15, 0.2) is 0 Å². The van der Waals surface area contributed by atoms with Gasteiger partial charge in [-0.05, 0) is 13.3 Å². The molecule has 0 aliphatic rings. The number of hydrogen-bond donors (Lipinski definition) is 0. The van der Waals surface area contributed by atoms with Crippen LogP contribution in [0.15, 0.2) is 30.3 Å². The summed E-state index contributed by atoms with van der Waals surface area (Å²) < 4.78 is 10.2. The van der Waals surface area contributed by atoms with Gasteiger partial charge in [0.2, 0.25) is 6.10 Å². The molecule has 0 saturated heterocycles.